The van der Waals surface area contributed by atoms with E-state index in [-0.39, 0.29) is 24.4 Å². The Balaban J connectivity index is 1.43. The van der Waals surface area contributed by atoms with Crippen molar-refractivity contribution in [3.8, 4) is 0 Å². The summed E-state index contributed by atoms with van der Waals surface area (Å²) in [6.07, 6.45) is -2.06. The summed E-state index contributed by atoms with van der Waals surface area (Å²) in [6.45, 7) is 2.04. The molecule has 3 heterocycles. The minimum atomic E-state index is -1.24. The third-order valence-electron chi connectivity index (χ3n) is 7.14. The molecule has 3 aromatic carbocycles. The van der Waals surface area contributed by atoms with E-state index >= 15 is 0 Å². The molecular formula is C29H28N2O5. The molecule has 184 valence electrons. The van der Waals surface area contributed by atoms with Crippen molar-refractivity contribution in [3.05, 3.63) is 108 Å². The van der Waals surface area contributed by atoms with Gasteiger partial charge in [0, 0.05) is 18.7 Å². The van der Waals surface area contributed by atoms with E-state index in [9.17, 15) is 9.59 Å². The van der Waals surface area contributed by atoms with Crippen LogP contribution in [0.4, 0.5) is 0 Å². The smallest absolute Gasteiger partial charge is 0.256 e. The number of rotatable bonds is 5. The summed E-state index contributed by atoms with van der Waals surface area (Å²) in [7, 11) is 0. The Hall–Kier alpha value is -3.52. The molecule has 0 unspecified atom stereocenters. The van der Waals surface area contributed by atoms with Crippen molar-refractivity contribution < 1.29 is 23.8 Å². The molecule has 2 bridgehead atoms. The average molecular weight is 485 g/mol. The van der Waals surface area contributed by atoms with Crippen molar-refractivity contribution in [1.82, 2.24) is 9.80 Å². The van der Waals surface area contributed by atoms with Gasteiger partial charge < -0.3 is 24.0 Å². The van der Waals surface area contributed by atoms with E-state index < -0.39 is 18.0 Å². The molecule has 3 aliphatic rings. The number of amides is 2. The Morgan fingerprint density at radius 2 is 1.36 bits per heavy atom. The van der Waals surface area contributed by atoms with Gasteiger partial charge in [0.2, 0.25) is 5.79 Å². The Bertz CT molecular complexity index is 1180. The molecule has 0 N–H and O–H groups in total. The first-order valence-corrected chi connectivity index (χ1v) is 12.3. The van der Waals surface area contributed by atoms with E-state index in [0.717, 1.165) is 16.7 Å². The van der Waals surface area contributed by atoms with Crippen LogP contribution >= 0.6 is 0 Å². The van der Waals surface area contributed by atoms with Crippen LogP contribution in [0.2, 0.25) is 0 Å². The van der Waals surface area contributed by atoms with Gasteiger partial charge in [-0.2, -0.15) is 0 Å². The second kappa shape index (κ2) is 9.50. The lowest BCUT2D eigenvalue weighted by molar-refractivity contribution is -0.221. The molecule has 0 aliphatic carbocycles. The summed E-state index contributed by atoms with van der Waals surface area (Å²) in [4.78, 5) is 31.2. The normalized spacial score (nSPS) is 25.9. The van der Waals surface area contributed by atoms with Crippen LogP contribution < -0.4 is 0 Å². The van der Waals surface area contributed by atoms with Crippen molar-refractivity contribution in [3.63, 3.8) is 0 Å². The van der Waals surface area contributed by atoms with Gasteiger partial charge in [-0.15, -0.1) is 0 Å². The Labute approximate surface area is 210 Å². The predicted molar refractivity (Wildman–Crippen MR) is 132 cm³/mol. The molecule has 7 heteroatoms. The van der Waals surface area contributed by atoms with Crippen molar-refractivity contribution in [2.45, 2.75) is 24.0 Å². The Kier molecular flexibility index (Phi) is 6.05. The topological polar surface area (TPSA) is 68.3 Å². The van der Waals surface area contributed by atoms with Crippen molar-refractivity contribution in [2.75, 3.05) is 32.8 Å². The lowest BCUT2D eigenvalue weighted by Crippen LogP contribution is -2.56. The lowest BCUT2D eigenvalue weighted by Gasteiger charge is -2.42. The van der Waals surface area contributed by atoms with Crippen LogP contribution in [0.1, 0.15) is 22.7 Å². The van der Waals surface area contributed by atoms with Crippen LogP contribution in [0.5, 0.6) is 0 Å². The van der Waals surface area contributed by atoms with Gasteiger partial charge in [-0.3, -0.25) is 9.59 Å². The number of fused-ring (bicyclic) bond motifs is 2. The number of ether oxygens (including phenoxy) is 3. The van der Waals surface area contributed by atoms with Crippen LogP contribution in [0.25, 0.3) is 0 Å². The number of carbonyl (C=O) groups is 2. The molecule has 3 aromatic rings. The predicted octanol–water partition coefficient (Wildman–Crippen LogP) is 3.11. The first-order chi connectivity index (χ1) is 17.7. The second-order valence-electron chi connectivity index (χ2n) is 9.32. The third kappa shape index (κ3) is 3.99. The maximum absolute atomic E-state index is 14.1. The summed E-state index contributed by atoms with van der Waals surface area (Å²) in [5, 5.41) is 0. The van der Waals surface area contributed by atoms with Crippen molar-refractivity contribution in [2.24, 2.45) is 0 Å². The van der Waals surface area contributed by atoms with E-state index in [2.05, 4.69) is 0 Å². The molecule has 6 rings (SSSR count). The highest BCUT2D eigenvalue weighted by atomic mass is 16.8. The Morgan fingerprint density at radius 1 is 0.806 bits per heavy atom. The molecule has 2 amide bonds. The molecule has 36 heavy (non-hydrogen) atoms. The maximum Gasteiger partial charge on any atom is 0.256 e. The number of nitrogens with zero attached hydrogens (tertiary/aromatic N) is 2. The molecule has 0 spiro atoms. The van der Waals surface area contributed by atoms with Crippen molar-refractivity contribution in [1.29, 1.82) is 0 Å². The van der Waals surface area contributed by atoms with E-state index in [1.807, 2.05) is 95.9 Å². The standard InChI is InChI=1S/C29H28N2O5/c32-27(30-16-18-34-19-17-30)25-26-28(33)31(20-29(35-25,36-26)23-14-8-3-9-15-23)24(21-10-4-1-5-11-21)22-12-6-2-7-13-22/h1-15,24-26H,16-20H2/t25-,26-,29+/m1/s1. The van der Waals surface area contributed by atoms with Crippen LogP contribution in [0.3, 0.4) is 0 Å². The number of hydrogen-bond donors (Lipinski definition) is 0. The van der Waals surface area contributed by atoms with E-state index in [4.69, 9.17) is 14.2 Å². The summed E-state index contributed by atoms with van der Waals surface area (Å²) in [5.74, 6) is -1.72. The first-order valence-electron chi connectivity index (χ1n) is 12.3. The summed E-state index contributed by atoms with van der Waals surface area (Å²) >= 11 is 0. The summed E-state index contributed by atoms with van der Waals surface area (Å²) < 4.78 is 18.3. The van der Waals surface area contributed by atoms with Crippen LogP contribution in [0.15, 0.2) is 91.0 Å². The monoisotopic (exact) mass is 484 g/mol. The van der Waals surface area contributed by atoms with Crippen LogP contribution in [-0.4, -0.2) is 66.7 Å². The zero-order valence-corrected chi connectivity index (χ0v) is 19.9. The SMILES string of the molecule is O=C([C@@H]1O[C@@]2(c3ccccc3)CN(C(c3ccccc3)c3ccccc3)C(=O)[C@@H]1O2)N1CCOCC1. The molecule has 0 saturated carbocycles. The molecule has 0 aromatic heterocycles. The van der Waals surface area contributed by atoms with Gasteiger partial charge in [-0.05, 0) is 11.1 Å². The van der Waals surface area contributed by atoms with Gasteiger partial charge in [0.15, 0.2) is 12.2 Å². The van der Waals surface area contributed by atoms with Gasteiger partial charge in [0.1, 0.15) is 0 Å². The first kappa shape index (κ1) is 22.9. The minimum Gasteiger partial charge on any atom is -0.378 e. The van der Waals surface area contributed by atoms with Gasteiger partial charge in [-0.1, -0.05) is 91.0 Å². The van der Waals surface area contributed by atoms with E-state index in [0.29, 0.717) is 26.3 Å². The minimum absolute atomic E-state index is 0.160. The fourth-order valence-electron chi connectivity index (χ4n) is 5.39. The van der Waals surface area contributed by atoms with E-state index in [1.165, 1.54) is 0 Å². The summed E-state index contributed by atoms with van der Waals surface area (Å²) in [6, 6.07) is 29.1. The van der Waals surface area contributed by atoms with Crippen LogP contribution in [0, 0.1) is 0 Å². The molecule has 3 atom stereocenters. The molecule has 3 aliphatic heterocycles. The molecular weight excluding hydrogens is 456 g/mol. The number of carbonyl (C=O) groups excluding carboxylic acids is 2. The van der Waals surface area contributed by atoms with E-state index in [1.54, 1.807) is 4.90 Å². The lowest BCUT2D eigenvalue weighted by atomic mass is 9.94. The molecule has 3 saturated heterocycles. The largest absolute Gasteiger partial charge is 0.378 e. The zero-order valence-electron chi connectivity index (χ0n) is 19.9. The fourth-order valence-corrected chi connectivity index (χ4v) is 5.39. The average Bonchev–Trinajstić information content (AvgIpc) is 3.29. The zero-order chi connectivity index (χ0) is 24.5. The fraction of sp³-hybridized carbons (Fsp3) is 0.310. The highest BCUT2D eigenvalue weighted by Gasteiger charge is 2.61. The molecule has 0 radical (unpaired) electrons. The molecule has 7 nitrogen and oxygen atoms in total. The van der Waals surface area contributed by atoms with Crippen LogP contribution in [-0.2, 0) is 29.6 Å². The van der Waals surface area contributed by atoms with Crippen molar-refractivity contribution >= 4 is 11.8 Å². The van der Waals surface area contributed by atoms with Gasteiger partial charge in [-0.25, -0.2) is 0 Å². The number of hydrogen-bond acceptors (Lipinski definition) is 5. The quantitative estimate of drug-likeness (QED) is 0.557. The van der Waals surface area contributed by atoms with Gasteiger partial charge in [0.25, 0.3) is 11.8 Å². The van der Waals surface area contributed by atoms with Gasteiger partial charge in [0.05, 0.1) is 25.8 Å². The molecule has 3 fully saturated rings. The number of benzene rings is 3. The highest BCUT2D eigenvalue weighted by Crippen LogP contribution is 2.46. The Morgan fingerprint density at radius 3 is 1.94 bits per heavy atom. The van der Waals surface area contributed by atoms with Gasteiger partial charge >= 0.3 is 0 Å². The maximum atomic E-state index is 14.1. The number of morpholine rings is 2. The third-order valence-corrected chi connectivity index (χ3v) is 7.14. The second-order valence-corrected chi connectivity index (χ2v) is 9.32. The highest BCUT2D eigenvalue weighted by molar-refractivity contribution is 5.93. The summed E-state index contributed by atoms with van der Waals surface area (Å²) in [5.41, 5.74) is 2.75.